The van der Waals surface area contributed by atoms with Crippen molar-refractivity contribution >= 4 is 55.0 Å². The maximum absolute atomic E-state index is 3.61. The topological polar surface area (TPSA) is 38.1 Å². The Labute approximate surface area is 219 Å². The van der Waals surface area contributed by atoms with E-state index in [0.29, 0.717) is 0 Å². The number of fused-ring (bicyclic) bond motifs is 6. The molecule has 0 amide bonds. The van der Waals surface area contributed by atoms with Gasteiger partial charge in [-0.3, -0.25) is 0 Å². The molecule has 2 aromatic heterocycles. The molecule has 4 heterocycles. The van der Waals surface area contributed by atoms with Gasteiger partial charge < -0.3 is 19.8 Å². The van der Waals surface area contributed by atoms with E-state index in [1.807, 2.05) is 0 Å². The smallest absolute Gasteiger partial charge is 0.0709 e. The van der Waals surface area contributed by atoms with Gasteiger partial charge in [-0.15, -0.1) is 0 Å². The summed E-state index contributed by atoms with van der Waals surface area (Å²) in [5.74, 6) is 0. The standard InChI is InChI=1S/C34H24N4/c1-3-11-29-25(7-1)27-9-5-13-31(33(27)35-29)37-19-15-23(16-20-37)24-17-21-38(22-18-24)32-14-6-10-28-26-8-2-4-12-30(26)36-34(28)32/h1-22,35-36H. The molecule has 0 spiro atoms. The zero-order valence-electron chi connectivity index (χ0n) is 20.6. The fraction of sp³-hybridized carbons (Fsp3) is 0. The number of anilines is 2. The summed E-state index contributed by atoms with van der Waals surface area (Å²) < 4.78 is 0. The number of para-hydroxylation sites is 4. The maximum atomic E-state index is 3.61. The molecule has 0 saturated carbocycles. The summed E-state index contributed by atoms with van der Waals surface area (Å²) in [5, 5.41) is 4.99. The molecule has 8 rings (SSSR count). The molecule has 4 heteroatoms. The first-order valence-corrected chi connectivity index (χ1v) is 12.9. The van der Waals surface area contributed by atoms with Crippen LogP contribution >= 0.6 is 0 Å². The Morgan fingerprint density at radius 3 is 1.24 bits per heavy atom. The van der Waals surface area contributed by atoms with Gasteiger partial charge in [0, 0.05) is 57.4 Å². The molecule has 2 N–H and O–H groups in total. The lowest BCUT2D eigenvalue weighted by Gasteiger charge is -2.22. The lowest BCUT2D eigenvalue weighted by molar-refractivity contribution is 1.23. The van der Waals surface area contributed by atoms with Crippen molar-refractivity contribution in [1.82, 2.24) is 9.97 Å². The fourth-order valence-electron chi connectivity index (χ4n) is 5.70. The molecule has 0 unspecified atom stereocenters. The number of hydrogen-bond acceptors (Lipinski definition) is 2. The van der Waals surface area contributed by atoms with E-state index in [9.17, 15) is 0 Å². The molecule has 0 fully saturated rings. The SMILES string of the molecule is C1=CN(c2cccc3c2[nH]c2ccccc23)C=CC1=C1C=CN(c2cccc3c2[nH]c2ccccc23)C=C1. The van der Waals surface area contributed by atoms with Gasteiger partial charge in [0.05, 0.1) is 22.4 Å². The lowest BCUT2D eigenvalue weighted by atomic mass is 10.0. The third-order valence-electron chi connectivity index (χ3n) is 7.59. The second kappa shape index (κ2) is 8.15. The summed E-state index contributed by atoms with van der Waals surface area (Å²) in [6, 6.07) is 29.9. The second-order valence-electron chi connectivity index (χ2n) is 9.73. The maximum Gasteiger partial charge on any atom is 0.0709 e. The fourth-order valence-corrected chi connectivity index (χ4v) is 5.70. The minimum Gasteiger partial charge on any atom is -0.353 e. The summed E-state index contributed by atoms with van der Waals surface area (Å²) in [6.07, 6.45) is 17.3. The van der Waals surface area contributed by atoms with Crippen LogP contribution in [0.4, 0.5) is 11.4 Å². The van der Waals surface area contributed by atoms with Crippen LogP contribution in [-0.4, -0.2) is 9.97 Å². The Morgan fingerprint density at radius 1 is 0.395 bits per heavy atom. The van der Waals surface area contributed by atoms with Gasteiger partial charge in [0.2, 0.25) is 0 Å². The number of nitrogens with zero attached hydrogens (tertiary/aromatic N) is 2. The first-order valence-electron chi connectivity index (χ1n) is 12.9. The van der Waals surface area contributed by atoms with Gasteiger partial charge in [0.25, 0.3) is 0 Å². The quantitative estimate of drug-likeness (QED) is 0.256. The van der Waals surface area contributed by atoms with Gasteiger partial charge in [-0.05, 0) is 59.7 Å². The van der Waals surface area contributed by atoms with Crippen LogP contribution in [0.3, 0.4) is 0 Å². The van der Waals surface area contributed by atoms with Gasteiger partial charge in [-0.2, -0.15) is 0 Å². The summed E-state index contributed by atoms with van der Waals surface area (Å²) in [7, 11) is 0. The molecule has 0 aliphatic carbocycles. The van der Waals surface area contributed by atoms with Gasteiger partial charge in [0.15, 0.2) is 0 Å². The largest absolute Gasteiger partial charge is 0.353 e. The molecule has 0 bridgehead atoms. The average Bonchev–Trinajstić information content (AvgIpc) is 3.56. The zero-order valence-corrected chi connectivity index (χ0v) is 20.6. The highest BCUT2D eigenvalue weighted by Crippen LogP contribution is 2.35. The molecular weight excluding hydrogens is 464 g/mol. The van der Waals surface area contributed by atoms with Crippen molar-refractivity contribution in [3.63, 3.8) is 0 Å². The van der Waals surface area contributed by atoms with Gasteiger partial charge in [-0.1, -0.05) is 60.7 Å². The summed E-state index contributed by atoms with van der Waals surface area (Å²) >= 11 is 0. The van der Waals surface area contributed by atoms with Crippen LogP contribution in [-0.2, 0) is 0 Å². The van der Waals surface area contributed by atoms with Crippen LogP contribution in [0.5, 0.6) is 0 Å². The van der Waals surface area contributed by atoms with Crippen molar-refractivity contribution in [2.45, 2.75) is 0 Å². The first kappa shape index (κ1) is 20.9. The highest BCUT2D eigenvalue weighted by atomic mass is 15.1. The van der Waals surface area contributed by atoms with E-state index in [1.54, 1.807) is 0 Å². The van der Waals surface area contributed by atoms with Crippen molar-refractivity contribution in [2.24, 2.45) is 0 Å². The minimum absolute atomic E-state index is 1.14. The molecule has 4 nitrogen and oxygen atoms in total. The predicted molar refractivity (Wildman–Crippen MR) is 160 cm³/mol. The van der Waals surface area contributed by atoms with Crippen LogP contribution in [0, 0.1) is 0 Å². The van der Waals surface area contributed by atoms with E-state index in [-0.39, 0.29) is 0 Å². The van der Waals surface area contributed by atoms with E-state index in [1.165, 1.54) is 32.7 Å². The van der Waals surface area contributed by atoms with E-state index >= 15 is 0 Å². The third kappa shape index (κ3) is 3.17. The molecule has 0 radical (unpaired) electrons. The van der Waals surface area contributed by atoms with Crippen LogP contribution in [0.15, 0.2) is 145 Å². The molecule has 180 valence electrons. The molecule has 38 heavy (non-hydrogen) atoms. The van der Waals surface area contributed by atoms with E-state index < -0.39 is 0 Å². The molecule has 2 aliphatic heterocycles. The average molecular weight is 489 g/mol. The van der Waals surface area contributed by atoms with Crippen molar-refractivity contribution in [3.8, 4) is 0 Å². The molecule has 2 aliphatic rings. The molecule has 0 saturated heterocycles. The molecular formula is C34H24N4. The Morgan fingerprint density at radius 2 is 0.789 bits per heavy atom. The third-order valence-corrected chi connectivity index (χ3v) is 7.59. The van der Waals surface area contributed by atoms with E-state index in [4.69, 9.17) is 0 Å². The number of aromatic nitrogens is 2. The van der Waals surface area contributed by atoms with E-state index in [0.717, 1.165) is 33.4 Å². The normalized spacial score (nSPS) is 15.3. The number of benzene rings is 4. The highest BCUT2D eigenvalue weighted by Gasteiger charge is 2.15. The first-order chi connectivity index (χ1) is 18.8. The van der Waals surface area contributed by atoms with Gasteiger partial charge in [-0.25, -0.2) is 0 Å². The number of allylic oxidation sites excluding steroid dienone is 6. The number of aromatic amines is 2. The number of rotatable bonds is 2. The second-order valence-corrected chi connectivity index (χ2v) is 9.73. The minimum atomic E-state index is 1.14. The zero-order chi connectivity index (χ0) is 25.1. The predicted octanol–water partition coefficient (Wildman–Crippen LogP) is 8.65. The highest BCUT2D eigenvalue weighted by molar-refractivity contribution is 6.12. The lowest BCUT2D eigenvalue weighted by Crippen LogP contribution is -2.12. The van der Waals surface area contributed by atoms with Crippen molar-refractivity contribution in [2.75, 3.05) is 9.80 Å². The summed E-state index contributed by atoms with van der Waals surface area (Å²) in [4.78, 5) is 11.6. The van der Waals surface area contributed by atoms with Crippen LogP contribution in [0.25, 0.3) is 43.6 Å². The van der Waals surface area contributed by atoms with Gasteiger partial charge in [0.1, 0.15) is 0 Å². The molecule has 0 atom stereocenters. The van der Waals surface area contributed by atoms with Crippen LogP contribution < -0.4 is 9.80 Å². The van der Waals surface area contributed by atoms with Crippen molar-refractivity contribution in [3.05, 3.63) is 145 Å². The number of nitrogens with one attached hydrogen (secondary N) is 2. The van der Waals surface area contributed by atoms with E-state index in [2.05, 4.69) is 154 Å². The molecule has 6 aromatic rings. The van der Waals surface area contributed by atoms with Crippen LogP contribution in [0.1, 0.15) is 0 Å². The summed E-state index contributed by atoms with van der Waals surface area (Å²) in [6.45, 7) is 0. The Balaban J connectivity index is 1.09. The Hall–Kier alpha value is -5.22. The Kier molecular flexibility index (Phi) is 4.49. The summed E-state index contributed by atoms with van der Waals surface area (Å²) in [5.41, 5.74) is 9.27. The van der Waals surface area contributed by atoms with Crippen molar-refractivity contribution in [1.29, 1.82) is 0 Å². The number of H-pyrrole nitrogens is 2. The van der Waals surface area contributed by atoms with Gasteiger partial charge >= 0.3 is 0 Å². The monoisotopic (exact) mass is 488 g/mol. The number of hydrogen-bond donors (Lipinski definition) is 2. The van der Waals surface area contributed by atoms with Crippen LogP contribution in [0.2, 0.25) is 0 Å². The molecule has 4 aromatic carbocycles. The Bertz CT molecular complexity index is 1860. The van der Waals surface area contributed by atoms with Crippen molar-refractivity contribution < 1.29 is 0 Å².